The highest BCUT2D eigenvalue weighted by atomic mass is 19.1. The minimum atomic E-state index is -0.674. The molecule has 1 nitrogen and oxygen atoms in total. The average Bonchev–Trinajstić information content (AvgIpc) is 2.20. The molecule has 15 heavy (non-hydrogen) atoms. The molecule has 3 heteroatoms. The lowest BCUT2D eigenvalue weighted by atomic mass is 10.2. The van der Waals surface area contributed by atoms with Crippen LogP contribution in [0.5, 0.6) is 5.75 Å². The number of rotatable bonds is 5. The molecular formula is C12H12F2O. The fourth-order valence-corrected chi connectivity index (χ4v) is 1.10. The van der Waals surface area contributed by atoms with Crippen molar-refractivity contribution in [2.24, 2.45) is 0 Å². The molecule has 0 N–H and O–H groups in total. The van der Waals surface area contributed by atoms with Crippen LogP contribution < -0.4 is 4.74 Å². The molecule has 0 radical (unpaired) electrons. The molecule has 1 aromatic rings. The molecule has 0 saturated heterocycles. The Morgan fingerprint density at radius 2 is 2.07 bits per heavy atom. The zero-order chi connectivity index (χ0) is 11.1. The molecule has 0 saturated carbocycles. The van der Waals surface area contributed by atoms with E-state index in [0.717, 1.165) is 18.9 Å². The van der Waals surface area contributed by atoms with E-state index in [0.29, 0.717) is 13.0 Å². The highest BCUT2D eigenvalue weighted by Gasteiger charge is 2.03. The van der Waals surface area contributed by atoms with Gasteiger partial charge in [-0.3, -0.25) is 0 Å². The minimum absolute atomic E-state index is 0.0807. The lowest BCUT2D eigenvalue weighted by Gasteiger charge is -2.06. The van der Waals surface area contributed by atoms with Crippen molar-refractivity contribution in [3.05, 3.63) is 29.8 Å². The van der Waals surface area contributed by atoms with Crippen LogP contribution >= 0.6 is 0 Å². The summed E-state index contributed by atoms with van der Waals surface area (Å²) in [7, 11) is 0. The Morgan fingerprint density at radius 1 is 1.27 bits per heavy atom. The summed E-state index contributed by atoms with van der Waals surface area (Å²) in [6.45, 7) is 0.393. The third kappa shape index (κ3) is 3.99. The summed E-state index contributed by atoms with van der Waals surface area (Å²) < 4.78 is 30.7. The van der Waals surface area contributed by atoms with Gasteiger partial charge < -0.3 is 4.74 Å². The summed E-state index contributed by atoms with van der Waals surface area (Å²) in [6, 6.07) is 3.25. The minimum Gasteiger partial charge on any atom is -0.491 e. The van der Waals surface area contributed by atoms with E-state index in [-0.39, 0.29) is 5.75 Å². The van der Waals surface area contributed by atoms with Crippen LogP contribution in [0.25, 0.3) is 0 Å². The molecule has 1 aromatic carbocycles. The molecule has 0 aliphatic rings. The second kappa shape index (κ2) is 6.02. The van der Waals surface area contributed by atoms with E-state index in [1.54, 1.807) is 0 Å². The highest BCUT2D eigenvalue weighted by molar-refractivity contribution is 5.24. The van der Waals surface area contributed by atoms with Gasteiger partial charge in [0, 0.05) is 12.5 Å². The fourth-order valence-electron chi connectivity index (χ4n) is 1.10. The molecule has 0 fully saturated rings. The first kappa shape index (κ1) is 11.5. The molecule has 0 bridgehead atoms. The van der Waals surface area contributed by atoms with E-state index in [1.165, 1.54) is 12.1 Å². The summed E-state index contributed by atoms with van der Waals surface area (Å²) in [5.41, 5.74) is 0. The Labute approximate surface area is 88.1 Å². The van der Waals surface area contributed by atoms with Crippen LogP contribution in [0.4, 0.5) is 8.78 Å². The molecule has 0 aromatic heterocycles. The van der Waals surface area contributed by atoms with Gasteiger partial charge in [-0.15, -0.1) is 12.3 Å². The number of unbranched alkanes of at least 4 members (excludes halogenated alkanes) is 2. The van der Waals surface area contributed by atoms with Crippen molar-refractivity contribution in [1.82, 2.24) is 0 Å². The summed E-state index contributed by atoms with van der Waals surface area (Å²) in [5, 5.41) is 0. The van der Waals surface area contributed by atoms with Gasteiger partial charge in [-0.1, -0.05) is 0 Å². The molecule has 0 amide bonds. The van der Waals surface area contributed by atoms with Crippen LogP contribution in [-0.2, 0) is 0 Å². The number of benzene rings is 1. The lowest BCUT2D eigenvalue weighted by molar-refractivity contribution is 0.292. The monoisotopic (exact) mass is 210 g/mol. The standard InChI is InChI=1S/C12H12F2O/c1-2-3-4-5-8-15-12-7-6-10(13)9-11(12)14/h1,6-7,9H,3-5,8H2. The number of halogens is 2. The third-order valence-electron chi connectivity index (χ3n) is 1.87. The van der Waals surface area contributed by atoms with E-state index in [2.05, 4.69) is 5.92 Å². The van der Waals surface area contributed by atoms with Crippen LogP contribution in [0.2, 0.25) is 0 Å². The van der Waals surface area contributed by atoms with Crippen LogP contribution in [0, 0.1) is 24.0 Å². The number of hydrogen-bond donors (Lipinski definition) is 0. The molecule has 80 valence electrons. The van der Waals surface area contributed by atoms with Crippen LogP contribution in [0.1, 0.15) is 19.3 Å². The first-order valence-corrected chi connectivity index (χ1v) is 4.75. The van der Waals surface area contributed by atoms with Gasteiger partial charge in [-0.2, -0.15) is 0 Å². The molecule has 0 spiro atoms. The predicted molar refractivity (Wildman–Crippen MR) is 54.5 cm³/mol. The second-order valence-corrected chi connectivity index (χ2v) is 3.08. The first-order chi connectivity index (χ1) is 7.24. The van der Waals surface area contributed by atoms with Crippen molar-refractivity contribution in [2.75, 3.05) is 6.61 Å². The van der Waals surface area contributed by atoms with Crippen molar-refractivity contribution >= 4 is 0 Å². The van der Waals surface area contributed by atoms with E-state index in [9.17, 15) is 8.78 Å². The Kier molecular flexibility index (Phi) is 4.62. The van der Waals surface area contributed by atoms with E-state index >= 15 is 0 Å². The van der Waals surface area contributed by atoms with E-state index in [4.69, 9.17) is 11.2 Å². The van der Waals surface area contributed by atoms with Gasteiger partial charge >= 0.3 is 0 Å². The number of terminal acetylenes is 1. The molecular weight excluding hydrogens is 198 g/mol. The topological polar surface area (TPSA) is 9.23 Å². The molecule has 0 aliphatic heterocycles. The lowest BCUT2D eigenvalue weighted by Crippen LogP contribution is -1.99. The summed E-state index contributed by atoms with van der Waals surface area (Å²) in [5.74, 6) is 1.31. The van der Waals surface area contributed by atoms with Crippen molar-refractivity contribution < 1.29 is 13.5 Å². The summed E-state index contributed by atoms with van der Waals surface area (Å²) in [6.07, 6.45) is 7.37. The van der Waals surface area contributed by atoms with Crippen molar-refractivity contribution in [3.63, 3.8) is 0 Å². The van der Waals surface area contributed by atoms with Crippen molar-refractivity contribution in [3.8, 4) is 18.1 Å². The predicted octanol–water partition coefficient (Wildman–Crippen LogP) is 3.15. The van der Waals surface area contributed by atoms with Gasteiger partial charge in [0.15, 0.2) is 11.6 Å². The summed E-state index contributed by atoms with van der Waals surface area (Å²) >= 11 is 0. The van der Waals surface area contributed by atoms with Crippen LogP contribution in [0.3, 0.4) is 0 Å². The van der Waals surface area contributed by atoms with Gasteiger partial charge in [0.1, 0.15) is 5.82 Å². The zero-order valence-corrected chi connectivity index (χ0v) is 8.30. The smallest absolute Gasteiger partial charge is 0.167 e. The van der Waals surface area contributed by atoms with Crippen molar-refractivity contribution in [1.29, 1.82) is 0 Å². The fraction of sp³-hybridized carbons (Fsp3) is 0.333. The van der Waals surface area contributed by atoms with E-state index < -0.39 is 11.6 Å². The number of ether oxygens (including phenoxy) is 1. The molecule has 0 aliphatic carbocycles. The Balaban J connectivity index is 2.35. The van der Waals surface area contributed by atoms with Gasteiger partial charge in [-0.05, 0) is 25.0 Å². The average molecular weight is 210 g/mol. The van der Waals surface area contributed by atoms with Gasteiger partial charge in [0.25, 0.3) is 0 Å². The Hall–Kier alpha value is -1.56. The van der Waals surface area contributed by atoms with Gasteiger partial charge in [-0.25, -0.2) is 8.78 Å². The maximum atomic E-state index is 13.0. The maximum absolute atomic E-state index is 13.0. The molecule has 0 heterocycles. The van der Waals surface area contributed by atoms with Gasteiger partial charge in [0.05, 0.1) is 6.61 Å². The van der Waals surface area contributed by atoms with Crippen molar-refractivity contribution in [2.45, 2.75) is 19.3 Å². The first-order valence-electron chi connectivity index (χ1n) is 4.75. The highest BCUT2D eigenvalue weighted by Crippen LogP contribution is 2.17. The molecule has 1 rings (SSSR count). The quantitative estimate of drug-likeness (QED) is 0.536. The summed E-state index contributed by atoms with van der Waals surface area (Å²) in [4.78, 5) is 0. The third-order valence-corrected chi connectivity index (χ3v) is 1.87. The molecule has 0 atom stereocenters. The second-order valence-electron chi connectivity index (χ2n) is 3.08. The van der Waals surface area contributed by atoms with Gasteiger partial charge in [0.2, 0.25) is 0 Å². The maximum Gasteiger partial charge on any atom is 0.167 e. The molecule has 0 unspecified atom stereocenters. The van der Waals surface area contributed by atoms with Crippen LogP contribution in [-0.4, -0.2) is 6.61 Å². The SMILES string of the molecule is C#CCCCCOc1ccc(F)cc1F. The normalized spacial score (nSPS) is 9.67. The Morgan fingerprint density at radius 3 is 2.73 bits per heavy atom. The Bertz CT molecular complexity index is 355. The zero-order valence-electron chi connectivity index (χ0n) is 8.30. The van der Waals surface area contributed by atoms with E-state index in [1.807, 2.05) is 0 Å². The largest absolute Gasteiger partial charge is 0.491 e. The van der Waals surface area contributed by atoms with Crippen LogP contribution in [0.15, 0.2) is 18.2 Å². The number of hydrogen-bond acceptors (Lipinski definition) is 1.